The van der Waals surface area contributed by atoms with E-state index in [1.807, 2.05) is 0 Å². The summed E-state index contributed by atoms with van der Waals surface area (Å²) in [6.07, 6.45) is 5.09. The lowest BCUT2D eigenvalue weighted by Crippen LogP contribution is -2.46. The van der Waals surface area contributed by atoms with E-state index in [4.69, 9.17) is 0 Å². The highest BCUT2D eigenvalue weighted by molar-refractivity contribution is 9.10. The van der Waals surface area contributed by atoms with Gasteiger partial charge in [0.2, 0.25) is 0 Å². The molecule has 1 aromatic rings. The van der Waals surface area contributed by atoms with E-state index in [0.29, 0.717) is 0 Å². The zero-order valence-electron chi connectivity index (χ0n) is 11.7. The van der Waals surface area contributed by atoms with E-state index in [9.17, 15) is 0 Å². The van der Waals surface area contributed by atoms with Gasteiger partial charge in [0.25, 0.3) is 0 Å². The van der Waals surface area contributed by atoms with Gasteiger partial charge in [-0.05, 0) is 62.0 Å². The van der Waals surface area contributed by atoms with E-state index < -0.39 is 0 Å². The highest BCUT2D eigenvalue weighted by Gasteiger charge is 2.29. The van der Waals surface area contributed by atoms with Gasteiger partial charge in [0.05, 0.1) is 0 Å². The lowest BCUT2D eigenvalue weighted by molar-refractivity contribution is 0.138. The average molecular weight is 323 g/mol. The van der Waals surface area contributed by atoms with Gasteiger partial charge < -0.3 is 5.32 Å². The molecule has 0 aromatic heterocycles. The zero-order valence-corrected chi connectivity index (χ0v) is 13.2. The van der Waals surface area contributed by atoms with Crippen LogP contribution in [0.5, 0.6) is 0 Å². The second-order valence-electron chi connectivity index (χ2n) is 5.79. The van der Waals surface area contributed by atoms with Crippen LogP contribution in [0.2, 0.25) is 0 Å². The molecule has 3 heteroatoms. The highest BCUT2D eigenvalue weighted by Crippen LogP contribution is 2.28. The first-order chi connectivity index (χ1) is 9.28. The molecule has 2 nitrogen and oxygen atoms in total. The Balaban J connectivity index is 1.74. The van der Waals surface area contributed by atoms with Crippen molar-refractivity contribution in [1.82, 2.24) is 10.2 Å². The quantitative estimate of drug-likeness (QED) is 0.920. The van der Waals surface area contributed by atoms with Crippen LogP contribution in [-0.2, 0) is 12.8 Å². The first-order valence-electron chi connectivity index (χ1n) is 7.51. The summed E-state index contributed by atoms with van der Waals surface area (Å²) in [5.74, 6) is 0. The van der Waals surface area contributed by atoms with Crippen LogP contribution in [0, 0.1) is 0 Å². The predicted octanol–water partition coefficient (Wildman–Crippen LogP) is 2.99. The zero-order chi connectivity index (χ0) is 13.2. The summed E-state index contributed by atoms with van der Waals surface area (Å²) in [5.41, 5.74) is 3.11. The third-order valence-corrected chi connectivity index (χ3v) is 5.20. The van der Waals surface area contributed by atoms with Crippen molar-refractivity contribution in [2.45, 2.75) is 44.7 Å². The summed E-state index contributed by atoms with van der Waals surface area (Å²) in [6.45, 7) is 5.87. The van der Waals surface area contributed by atoms with Gasteiger partial charge in [-0.1, -0.05) is 28.9 Å². The lowest BCUT2D eigenvalue weighted by atomic mass is 9.87. The minimum Gasteiger partial charge on any atom is -0.315 e. The minimum absolute atomic E-state index is 0.739. The van der Waals surface area contributed by atoms with Gasteiger partial charge in [0.15, 0.2) is 0 Å². The molecule has 1 aliphatic carbocycles. The second-order valence-corrected chi connectivity index (χ2v) is 6.70. The van der Waals surface area contributed by atoms with Crippen LogP contribution in [-0.4, -0.2) is 36.6 Å². The smallest absolute Gasteiger partial charge is 0.0235 e. The van der Waals surface area contributed by atoms with Gasteiger partial charge in [0, 0.05) is 23.1 Å². The minimum atomic E-state index is 0.739. The molecule has 2 aliphatic rings. The fourth-order valence-corrected chi connectivity index (χ4v) is 4.13. The molecule has 0 amide bonds. The van der Waals surface area contributed by atoms with Gasteiger partial charge in [-0.3, -0.25) is 4.90 Å². The Morgan fingerprint density at radius 3 is 2.89 bits per heavy atom. The molecule has 1 heterocycles. The summed E-state index contributed by atoms with van der Waals surface area (Å²) < 4.78 is 1.22. The van der Waals surface area contributed by atoms with Crippen LogP contribution < -0.4 is 5.32 Å². The number of benzene rings is 1. The number of nitrogens with zero attached hydrogens (tertiary/aromatic N) is 1. The van der Waals surface area contributed by atoms with Crippen molar-refractivity contribution >= 4 is 15.9 Å². The molecule has 3 rings (SSSR count). The Morgan fingerprint density at radius 2 is 2.16 bits per heavy atom. The molecule has 1 aliphatic heterocycles. The molecule has 19 heavy (non-hydrogen) atoms. The summed E-state index contributed by atoms with van der Waals surface area (Å²) in [5, 5.41) is 3.50. The van der Waals surface area contributed by atoms with E-state index in [1.54, 1.807) is 11.1 Å². The third-order valence-electron chi connectivity index (χ3n) is 4.71. The Hall–Kier alpha value is -0.380. The van der Waals surface area contributed by atoms with Crippen LogP contribution in [0.3, 0.4) is 0 Å². The number of fused-ring (bicyclic) bond motifs is 1. The average Bonchev–Trinajstić information content (AvgIpc) is 2.93. The van der Waals surface area contributed by atoms with Gasteiger partial charge >= 0.3 is 0 Å². The normalized spacial score (nSPS) is 26.7. The maximum Gasteiger partial charge on any atom is 0.0235 e. The molecule has 1 N–H and O–H groups in total. The van der Waals surface area contributed by atoms with Crippen LogP contribution in [0.4, 0.5) is 0 Å². The number of rotatable bonds is 3. The maximum absolute atomic E-state index is 3.58. The van der Waals surface area contributed by atoms with Crippen LogP contribution in [0.15, 0.2) is 22.7 Å². The molecular formula is C16H23BrN2. The molecule has 0 saturated carbocycles. The molecule has 0 bridgehead atoms. The van der Waals surface area contributed by atoms with Crippen molar-refractivity contribution in [2.24, 2.45) is 0 Å². The number of halogens is 1. The number of likely N-dealkylation sites (N-methyl/N-ethyl adjacent to an activating group) is 1. The van der Waals surface area contributed by atoms with Crippen molar-refractivity contribution in [3.8, 4) is 0 Å². The molecule has 104 valence electrons. The van der Waals surface area contributed by atoms with Crippen molar-refractivity contribution in [3.63, 3.8) is 0 Å². The molecular weight excluding hydrogens is 300 g/mol. The Bertz CT molecular complexity index is 440. The number of nitrogens with one attached hydrogen (secondary N) is 1. The molecule has 1 fully saturated rings. The van der Waals surface area contributed by atoms with E-state index in [2.05, 4.69) is 51.3 Å². The largest absolute Gasteiger partial charge is 0.315 e. The van der Waals surface area contributed by atoms with Crippen LogP contribution >= 0.6 is 15.9 Å². The summed E-state index contributed by atoms with van der Waals surface area (Å²) >= 11 is 3.58. The van der Waals surface area contributed by atoms with E-state index in [0.717, 1.165) is 12.1 Å². The standard InChI is InChI=1S/C16H23BrN2/c1-2-19(16-7-8-18-11-16)15-6-4-12-9-14(17)5-3-13(12)10-15/h3,5,9,15-16,18H,2,4,6-8,10-11H2,1H3. The Labute approximate surface area is 124 Å². The fraction of sp³-hybridized carbons (Fsp3) is 0.625. The van der Waals surface area contributed by atoms with Gasteiger partial charge in [0.1, 0.15) is 0 Å². The monoisotopic (exact) mass is 322 g/mol. The SMILES string of the molecule is CCN(C1CCNC1)C1CCc2cc(Br)ccc2C1. The second kappa shape index (κ2) is 5.94. The van der Waals surface area contributed by atoms with Gasteiger partial charge in [-0.25, -0.2) is 0 Å². The maximum atomic E-state index is 3.58. The van der Waals surface area contributed by atoms with E-state index in [-0.39, 0.29) is 0 Å². The Kier molecular flexibility index (Phi) is 4.25. The van der Waals surface area contributed by atoms with E-state index >= 15 is 0 Å². The Morgan fingerprint density at radius 1 is 1.26 bits per heavy atom. The topological polar surface area (TPSA) is 15.3 Å². The van der Waals surface area contributed by atoms with Crippen molar-refractivity contribution < 1.29 is 0 Å². The number of hydrogen-bond acceptors (Lipinski definition) is 2. The van der Waals surface area contributed by atoms with Crippen LogP contribution in [0.1, 0.15) is 30.9 Å². The highest BCUT2D eigenvalue weighted by atomic mass is 79.9. The summed E-state index contributed by atoms with van der Waals surface area (Å²) in [6, 6.07) is 8.30. The van der Waals surface area contributed by atoms with Crippen molar-refractivity contribution in [1.29, 1.82) is 0 Å². The molecule has 2 atom stereocenters. The number of aryl methyl sites for hydroxylation is 1. The van der Waals surface area contributed by atoms with Crippen molar-refractivity contribution in [3.05, 3.63) is 33.8 Å². The first-order valence-corrected chi connectivity index (χ1v) is 8.31. The molecule has 1 saturated heterocycles. The summed E-state index contributed by atoms with van der Waals surface area (Å²) in [4.78, 5) is 2.74. The third kappa shape index (κ3) is 2.88. The molecule has 1 aromatic carbocycles. The van der Waals surface area contributed by atoms with Gasteiger partial charge in [-0.2, -0.15) is 0 Å². The fourth-order valence-electron chi connectivity index (χ4n) is 3.72. The van der Waals surface area contributed by atoms with E-state index in [1.165, 1.54) is 49.8 Å². The molecule has 0 radical (unpaired) electrons. The van der Waals surface area contributed by atoms with Crippen molar-refractivity contribution in [2.75, 3.05) is 19.6 Å². The molecule has 2 unspecified atom stereocenters. The first kappa shape index (κ1) is 13.6. The lowest BCUT2D eigenvalue weighted by Gasteiger charge is -2.38. The van der Waals surface area contributed by atoms with Gasteiger partial charge in [-0.15, -0.1) is 0 Å². The summed E-state index contributed by atoms with van der Waals surface area (Å²) in [7, 11) is 0. The van der Waals surface area contributed by atoms with Crippen LogP contribution in [0.25, 0.3) is 0 Å². The molecule has 0 spiro atoms. The predicted molar refractivity (Wildman–Crippen MR) is 83.6 cm³/mol. The number of hydrogen-bond donors (Lipinski definition) is 1.